The zero-order valence-electron chi connectivity index (χ0n) is 15.0. The summed E-state index contributed by atoms with van der Waals surface area (Å²) in [5.41, 5.74) is 3.46. The van der Waals surface area contributed by atoms with E-state index in [-0.39, 0.29) is 0 Å². The molecule has 0 bridgehead atoms. The van der Waals surface area contributed by atoms with Crippen LogP contribution in [0.3, 0.4) is 0 Å². The van der Waals surface area contributed by atoms with Gasteiger partial charge in [0.25, 0.3) is 0 Å². The number of aromatic nitrogens is 2. The number of nitrogens with zero attached hydrogens (tertiary/aromatic N) is 1. The van der Waals surface area contributed by atoms with Crippen molar-refractivity contribution in [3.63, 3.8) is 0 Å². The van der Waals surface area contributed by atoms with Crippen molar-refractivity contribution < 1.29 is 4.74 Å². The molecule has 0 unspecified atom stereocenters. The Bertz CT molecular complexity index is 827. The molecule has 3 aromatic rings. The number of benzene rings is 2. The Morgan fingerprint density at radius 1 is 1.00 bits per heavy atom. The molecule has 1 heterocycles. The number of nitrogens with one attached hydrogen (secondary N) is 1. The Hall–Kier alpha value is -1.33. The molecule has 3 nitrogen and oxygen atoms in total. The Labute approximate surface area is 171 Å². The van der Waals surface area contributed by atoms with E-state index >= 15 is 0 Å². The van der Waals surface area contributed by atoms with Crippen molar-refractivity contribution in [2.45, 2.75) is 45.4 Å². The van der Waals surface area contributed by atoms with Crippen LogP contribution in [-0.4, -0.2) is 16.6 Å². The third-order valence-electron chi connectivity index (χ3n) is 4.42. The molecule has 1 N–H and O–H groups in total. The van der Waals surface area contributed by atoms with Gasteiger partial charge in [-0.2, -0.15) is 0 Å². The van der Waals surface area contributed by atoms with Gasteiger partial charge in [-0.15, -0.1) is 0 Å². The molecule has 0 saturated heterocycles. The summed E-state index contributed by atoms with van der Waals surface area (Å²) in [7, 11) is 0. The summed E-state index contributed by atoms with van der Waals surface area (Å²) in [6, 6.07) is 12.4. The monoisotopic (exact) mass is 478 g/mol. The van der Waals surface area contributed by atoms with Gasteiger partial charge in [-0.25, -0.2) is 4.98 Å². The zero-order valence-corrected chi connectivity index (χ0v) is 18.2. The quantitative estimate of drug-likeness (QED) is 0.341. The van der Waals surface area contributed by atoms with Crippen LogP contribution in [0.15, 0.2) is 45.3 Å². The first kappa shape index (κ1) is 19.4. The molecule has 2 aromatic carbocycles. The van der Waals surface area contributed by atoms with Crippen molar-refractivity contribution in [1.29, 1.82) is 0 Å². The molecule has 0 amide bonds. The zero-order chi connectivity index (χ0) is 18.4. The third-order valence-corrected chi connectivity index (χ3v) is 5.47. The van der Waals surface area contributed by atoms with Gasteiger partial charge in [-0.05, 0) is 71.9 Å². The summed E-state index contributed by atoms with van der Waals surface area (Å²) in [5, 5.41) is 0. The van der Waals surface area contributed by atoms with E-state index < -0.39 is 0 Å². The lowest BCUT2D eigenvalue weighted by molar-refractivity contribution is 0.334. The predicted octanol–water partition coefficient (Wildman–Crippen LogP) is 6.83. The fourth-order valence-corrected chi connectivity index (χ4v) is 4.62. The third kappa shape index (κ3) is 5.10. The number of unbranched alkanes of at least 4 members (excludes halogenated alkanes) is 3. The minimum absolute atomic E-state index is 0.685. The maximum Gasteiger partial charge on any atom is 0.136 e. The average molecular weight is 480 g/mol. The number of imidazole rings is 1. The number of para-hydroxylation sites is 2. The molecular formula is C21H24Br2N2O. The number of fused-ring (bicyclic) bond motifs is 1. The van der Waals surface area contributed by atoms with Gasteiger partial charge in [0, 0.05) is 10.9 Å². The summed E-state index contributed by atoms with van der Waals surface area (Å²) in [6.07, 6.45) is 6.83. The van der Waals surface area contributed by atoms with Crippen LogP contribution >= 0.6 is 31.9 Å². The number of aryl methyl sites for hydroxylation is 2. The van der Waals surface area contributed by atoms with E-state index in [1.165, 1.54) is 31.2 Å². The number of halogens is 2. The fourth-order valence-electron chi connectivity index (χ4n) is 3.19. The maximum atomic E-state index is 5.81. The van der Waals surface area contributed by atoms with Gasteiger partial charge in [0.05, 0.1) is 22.1 Å². The maximum absolute atomic E-state index is 5.81. The lowest BCUT2D eigenvalue weighted by Gasteiger charge is -2.13. The Balaban J connectivity index is 1.44. The standard InChI is InChI=1S/C21H24Br2N2O/c1-2-26-21-15(13-16(22)14-17(21)23)9-5-3-4-6-12-20-24-18-10-7-8-11-19(18)25-20/h7-8,10-11,13-14H,2-6,9,12H2,1H3,(H,24,25). The second-order valence-corrected chi connectivity index (χ2v) is 8.19. The first-order valence-corrected chi connectivity index (χ1v) is 10.8. The summed E-state index contributed by atoms with van der Waals surface area (Å²) >= 11 is 7.18. The molecule has 0 fully saturated rings. The summed E-state index contributed by atoms with van der Waals surface area (Å²) in [4.78, 5) is 8.06. The van der Waals surface area contributed by atoms with Crippen molar-refractivity contribution >= 4 is 42.9 Å². The summed E-state index contributed by atoms with van der Waals surface area (Å²) in [6.45, 7) is 2.71. The van der Waals surface area contributed by atoms with Gasteiger partial charge in [-0.3, -0.25) is 0 Å². The molecule has 0 spiro atoms. The van der Waals surface area contributed by atoms with Crippen LogP contribution in [0.4, 0.5) is 0 Å². The second-order valence-electron chi connectivity index (χ2n) is 6.42. The van der Waals surface area contributed by atoms with Crippen LogP contribution in [0.2, 0.25) is 0 Å². The van der Waals surface area contributed by atoms with Gasteiger partial charge in [0.15, 0.2) is 0 Å². The number of H-pyrrole nitrogens is 1. The van der Waals surface area contributed by atoms with Gasteiger partial charge in [0.1, 0.15) is 11.6 Å². The highest BCUT2D eigenvalue weighted by Gasteiger charge is 2.10. The first-order valence-electron chi connectivity index (χ1n) is 9.21. The van der Waals surface area contributed by atoms with E-state index in [1.54, 1.807) is 0 Å². The minimum Gasteiger partial charge on any atom is -0.492 e. The summed E-state index contributed by atoms with van der Waals surface area (Å²) < 4.78 is 7.92. The number of hydrogen-bond acceptors (Lipinski definition) is 2. The Morgan fingerprint density at radius 3 is 2.54 bits per heavy atom. The van der Waals surface area contributed by atoms with Crippen LogP contribution in [0, 0.1) is 0 Å². The molecule has 0 aliphatic carbocycles. The van der Waals surface area contributed by atoms with Gasteiger partial charge >= 0.3 is 0 Å². The van der Waals surface area contributed by atoms with Crippen LogP contribution in [0.25, 0.3) is 11.0 Å². The molecule has 0 radical (unpaired) electrons. The van der Waals surface area contributed by atoms with Gasteiger partial charge < -0.3 is 9.72 Å². The van der Waals surface area contributed by atoms with E-state index in [2.05, 4.69) is 60.0 Å². The molecule has 26 heavy (non-hydrogen) atoms. The van der Waals surface area contributed by atoms with Crippen LogP contribution in [0.1, 0.15) is 44.0 Å². The number of rotatable bonds is 9. The van der Waals surface area contributed by atoms with Gasteiger partial charge in [-0.1, -0.05) is 40.9 Å². The highest BCUT2D eigenvalue weighted by atomic mass is 79.9. The van der Waals surface area contributed by atoms with Crippen molar-refractivity contribution in [1.82, 2.24) is 9.97 Å². The highest BCUT2D eigenvalue weighted by molar-refractivity contribution is 9.11. The highest BCUT2D eigenvalue weighted by Crippen LogP contribution is 2.34. The largest absolute Gasteiger partial charge is 0.492 e. The van der Waals surface area contributed by atoms with Crippen molar-refractivity contribution in [3.05, 3.63) is 56.7 Å². The molecule has 0 atom stereocenters. The number of ether oxygens (including phenoxy) is 1. The van der Waals surface area contributed by atoms with E-state index in [9.17, 15) is 0 Å². The topological polar surface area (TPSA) is 37.9 Å². The van der Waals surface area contributed by atoms with E-state index in [0.717, 1.165) is 44.4 Å². The molecule has 5 heteroatoms. The van der Waals surface area contributed by atoms with Crippen molar-refractivity contribution in [2.24, 2.45) is 0 Å². The molecule has 138 valence electrons. The first-order chi connectivity index (χ1) is 12.7. The van der Waals surface area contributed by atoms with Crippen LogP contribution in [-0.2, 0) is 12.8 Å². The smallest absolute Gasteiger partial charge is 0.136 e. The number of aromatic amines is 1. The van der Waals surface area contributed by atoms with Crippen molar-refractivity contribution in [2.75, 3.05) is 6.61 Å². The molecular weight excluding hydrogens is 456 g/mol. The van der Waals surface area contributed by atoms with E-state index in [1.807, 2.05) is 25.1 Å². The lowest BCUT2D eigenvalue weighted by atomic mass is 10.0. The number of hydrogen-bond donors (Lipinski definition) is 1. The molecule has 3 rings (SSSR count). The van der Waals surface area contributed by atoms with E-state index in [0.29, 0.717) is 6.61 Å². The molecule has 0 saturated carbocycles. The fraction of sp³-hybridized carbons (Fsp3) is 0.381. The molecule has 0 aliphatic rings. The molecule has 0 aliphatic heterocycles. The lowest BCUT2D eigenvalue weighted by Crippen LogP contribution is -1.98. The van der Waals surface area contributed by atoms with Crippen molar-refractivity contribution in [3.8, 4) is 5.75 Å². The van der Waals surface area contributed by atoms with Gasteiger partial charge in [0.2, 0.25) is 0 Å². The summed E-state index contributed by atoms with van der Waals surface area (Å²) in [5.74, 6) is 2.08. The van der Waals surface area contributed by atoms with E-state index in [4.69, 9.17) is 4.74 Å². The normalized spacial score (nSPS) is 11.2. The average Bonchev–Trinajstić information content (AvgIpc) is 3.03. The SMILES string of the molecule is CCOc1c(Br)cc(Br)cc1CCCCCCc1nc2ccccc2[nH]1. The van der Waals surface area contributed by atoms with Crippen LogP contribution in [0.5, 0.6) is 5.75 Å². The minimum atomic E-state index is 0.685. The Morgan fingerprint density at radius 2 is 1.77 bits per heavy atom. The predicted molar refractivity (Wildman–Crippen MR) is 115 cm³/mol. The Kier molecular flexibility index (Phi) is 7.15. The second kappa shape index (κ2) is 9.56. The molecule has 1 aromatic heterocycles. The van der Waals surface area contributed by atoms with Crippen LogP contribution < -0.4 is 4.74 Å².